The second-order valence-corrected chi connectivity index (χ2v) is 10.4. The number of imidazole rings is 1. The predicted molar refractivity (Wildman–Crippen MR) is 123 cm³/mol. The highest BCUT2D eigenvalue weighted by molar-refractivity contribution is 7.90. The third-order valence-electron chi connectivity index (χ3n) is 4.70. The second-order valence-electron chi connectivity index (χ2n) is 6.99. The quantitative estimate of drug-likeness (QED) is 0.399. The number of aromatic nitrogens is 3. The van der Waals surface area contributed by atoms with Gasteiger partial charge in [-0.2, -0.15) is 0 Å². The molecule has 0 unspecified atom stereocenters. The lowest BCUT2D eigenvalue weighted by molar-refractivity contribution is 0.0986. The number of halogens is 1. The van der Waals surface area contributed by atoms with Gasteiger partial charge in [0.25, 0.3) is 5.91 Å². The Morgan fingerprint density at radius 1 is 1.23 bits per heavy atom. The fourth-order valence-electron chi connectivity index (χ4n) is 3.15. The molecule has 0 aliphatic carbocycles. The Balaban J connectivity index is 1.68. The second kappa shape index (κ2) is 8.78. The molecule has 31 heavy (non-hydrogen) atoms. The number of rotatable bonds is 7. The van der Waals surface area contributed by atoms with E-state index in [-0.39, 0.29) is 16.4 Å². The average Bonchev–Trinajstić information content (AvgIpc) is 3.41. The van der Waals surface area contributed by atoms with Crippen LogP contribution in [0.1, 0.15) is 16.8 Å². The maximum atomic E-state index is 13.4. The van der Waals surface area contributed by atoms with E-state index in [1.807, 2.05) is 22.9 Å². The number of aryl methyl sites for hydroxylation is 1. The van der Waals surface area contributed by atoms with Crippen molar-refractivity contribution >= 4 is 54.0 Å². The van der Waals surface area contributed by atoms with Crippen LogP contribution in [-0.4, -0.2) is 41.7 Å². The first kappa shape index (κ1) is 21.5. The highest BCUT2D eigenvalue weighted by Gasteiger charge is 2.23. The van der Waals surface area contributed by atoms with Crippen LogP contribution in [0.5, 0.6) is 0 Å². The van der Waals surface area contributed by atoms with Gasteiger partial charge in [0.1, 0.15) is 5.52 Å². The molecule has 0 N–H and O–H groups in total. The van der Waals surface area contributed by atoms with E-state index in [2.05, 4.69) is 9.97 Å². The van der Waals surface area contributed by atoms with Crippen molar-refractivity contribution in [1.29, 1.82) is 0 Å². The van der Waals surface area contributed by atoms with Crippen LogP contribution in [0.4, 0.5) is 5.13 Å². The number of anilines is 1. The van der Waals surface area contributed by atoms with Crippen LogP contribution in [0.25, 0.3) is 10.2 Å². The van der Waals surface area contributed by atoms with E-state index in [0.29, 0.717) is 35.2 Å². The predicted octanol–water partition coefficient (Wildman–Crippen LogP) is 4.29. The van der Waals surface area contributed by atoms with Gasteiger partial charge in [-0.3, -0.25) is 9.69 Å². The smallest absolute Gasteiger partial charge is 0.260 e. The van der Waals surface area contributed by atoms with Crippen molar-refractivity contribution in [2.24, 2.45) is 0 Å². The van der Waals surface area contributed by atoms with Crippen molar-refractivity contribution in [3.8, 4) is 0 Å². The number of fused-ring (bicyclic) bond motifs is 1. The van der Waals surface area contributed by atoms with Gasteiger partial charge in [-0.15, -0.1) is 0 Å². The maximum Gasteiger partial charge on any atom is 0.260 e. The van der Waals surface area contributed by atoms with Gasteiger partial charge in [-0.25, -0.2) is 18.4 Å². The van der Waals surface area contributed by atoms with Crippen molar-refractivity contribution in [3.05, 3.63) is 71.8 Å². The molecule has 0 fully saturated rings. The van der Waals surface area contributed by atoms with Gasteiger partial charge >= 0.3 is 0 Å². The largest absolute Gasteiger partial charge is 0.337 e. The number of hydrogen-bond donors (Lipinski definition) is 0. The fourth-order valence-corrected chi connectivity index (χ4v) is 5.11. The molecule has 0 bridgehead atoms. The van der Waals surface area contributed by atoms with Crippen LogP contribution in [0, 0.1) is 0 Å². The van der Waals surface area contributed by atoms with Gasteiger partial charge in [-0.1, -0.05) is 35.1 Å². The van der Waals surface area contributed by atoms with Crippen molar-refractivity contribution in [2.75, 3.05) is 17.7 Å². The normalized spacial score (nSPS) is 11.7. The summed E-state index contributed by atoms with van der Waals surface area (Å²) in [6, 6.07) is 11.6. The zero-order valence-corrected chi connectivity index (χ0v) is 19.0. The van der Waals surface area contributed by atoms with Crippen molar-refractivity contribution < 1.29 is 13.2 Å². The van der Waals surface area contributed by atoms with Gasteiger partial charge in [0.15, 0.2) is 15.0 Å². The zero-order chi connectivity index (χ0) is 22.0. The number of para-hydroxylation sites is 1. The first-order valence-corrected chi connectivity index (χ1v) is 12.5. The lowest BCUT2D eigenvalue weighted by atomic mass is 10.2. The topological polar surface area (TPSA) is 85.2 Å². The van der Waals surface area contributed by atoms with E-state index in [9.17, 15) is 13.2 Å². The Hall–Kier alpha value is -2.75. The number of amides is 1. The average molecular weight is 475 g/mol. The molecule has 10 heteroatoms. The summed E-state index contributed by atoms with van der Waals surface area (Å²) < 4.78 is 26.7. The van der Waals surface area contributed by atoms with Crippen LogP contribution < -0.4 is 4.90 Å². The molecule has 0 saturated carbocycles. The Morgan fingerprint density at radius 3 is 2.74 bits per heavy atom. The Bertz CT molecular complexity index is 1330. The van der Waals surface area contributed by atoms with Crippen molar-refractivity contribution in [1.82, 2.24) is 14.5 Å². The van der Waals surface area contributed by atoms with E-state index < -0.39 is 9.84 Å². The SMILES string of the molecule is CS(=O)(=O)c1cccc(C(=O)N(CCCn2ccnc2)c2nc3c(Cl)cccc3s2)c1. The molecule has 0 atom stereocenters. The van der Waals surface area contributed by atoms with E-state index in [1.165, 1.54) is 23.5 Å². The Morgan fingerprint density at radius 2 is 2.03 bits per heavy atom. The monoisotopic (exact) mass is 474 g/mol. The standard InChI is InChI=1S/C21H19ClN4O3S2/c1-31(28,29)16-6-2-5-15(13-16)20(27)26(11-4-10-25-12-9-23-14-25)21-24-19-17(22)7-3-8-18(19)30-21/h2-3,5-9,12-14H,4,10-11H2,1H3. The summed E-state index contributed by atoms with van der Waals surface area (Å²) in [6.07, 6.45) is 7.07. The van der Waals surface area contributed by atoms with Crippen LogP contribution in [0.2, 0.25) is 5.02 Å². The summed E-state index contributed by atoms with van der Waals surface area (Å²) in [5, 5.41) is 1.04. The molecule has 0 aliphatic rings. The molecule has 2 aromatic carbocycles. The minimum atomic E-state index is -3.43. The molecule has 160 valence electrons. The minimum Gasteiger partial charge on any atom is -0.337 e. The Kier molecular flexibility index (Phi) is 6.08. The summed E-state index contributed by atoms with van der Waals surface area (Å²) in [5.74, 6) is -0.314. The number of sulfone groups is 1. The van der Waals surface area contributed by atoms with Crippen LogP contribution >= 0.6 is 22.9 Å². The highest BCUT2D eigenvalue weighted by atomic mass is 35.5. The highest BCUT2D eigenvalue weighted by Crippen LogP contribution is 2.33. The molecular weight excluding hydrogens is 456 g/mol. The molecule has 0 saturated heterocycles. The molecule has 0 aliphatic heterocycles. The van der Waals surface area contributed by atoms with Gasteiger partial charge in [0.05, 0.1) is 20.9 Å². The van der Waals surface area contributed by atoms with Gasteiger partial charge in [0.2, 0.25) is 0 Å². The van der Waals surface area contributed by atoms with Gasteiger partial charge < -0.3 is 4.57 Å². The number of benzene rings is 2. The van der Waals surface area contributed by atoms with Crippen LogP contribution in [0.15, 0.2) is 66.1 Å². The van der Waals surface area contributed by atoms with Gasteiger partial charge in [0, 0.05) is 37.3 Å². The van der Waals surface area contributed by atoms with Crippen molar-refractivity contribution in [3.63, 3.8) is 0 Å². The Labute approximate surface area is 188 Å². The molecule has 2 aromatic heterocycles. The fraction of sp³-hybridized carbons (Fsp3) is 0.190. The van der Waals surface area contributed by atoms with E-state index >= 15 is 0 Å². The van der Waals surface area contributed by atoms with E-state index in [1.54, 1.807) is 35.6 Å². The molecule has 4 aromatic rings. The molecule has 7 nitrogen and oxygen atoms in total. The lowest BCUT2D eigenvalue weighted by Crippen LogP contribution is -2.32. The first-order chi connectivity index (χ1) is 14.8. The van der Waals surface area contributed by atoms with E-state index in [4.69, 9.17) is 11.6 Å². The molecule has 4 rings (SSSR count). The van der Waals surface area contributed by atoms with Gasteiger partial charge in [-0.05, 0) is 36.8 Å². The van der Waals surface area contributed by atoms with Crippen LogP contribution in [0.3, 0.4) is 0 Å². The molecule has 1 amide bonds. The molecular formula is C21H19ClN4O3S2. The number of carbonyl (C=O) groups is 1. The molecule has 2 heterocycles. The van der Waals surface area contributed by atoms with Crippen LogP contribution in [-0.2, 0) is 16.4 Å². The summed E-state index contributed by atoms with van der Waals surface area (Å²) in [7, 11) is -3.43. The third-order valence-corrected chi connectivity index (χ3v) is 7.16. The minimum absolute atomic E-state index is 0.101. The summed E-state index contributed by atoms with van der Waals surface area (Å²) >= 11 is 7.65. The summed E-state index contributed by atoms with van der Waals surface area (Å²) in [5.41, 5.74) is 0.928. The lowest BCUT2D eigenvalue weighted by Gasteiger charge is -2.20. The number of nitrogens with zero attached hydrogens (tertiary/aromatic N) is 4. The van der Waals surface area contributed by atoms with Crippen molar-refractivity contribution in [2.45, 2.75) is 17.9 Å². The molecule has 0 radical (unpaired) electrons. The number of thiazole rings is 1. The van der Waals surface area contributed by atoms with E-state index in [0.717, 1.165) is 11.0 Å². The summed E-state index contributed by atoms with van der Waals surface area (Å²) in [6.45, 7) is 1.08. The first-order valence-electron chi connectivity index (χ1n) is 9.46. The molecule has 0 spiro atoms. The summed E-state index contributed by atoms with van der Waals surface area (Å²) in [4.78, 5) is 23.7. The maximum absolute atomic E-state index is 13.4. The number of carbonyl (C=O) groups excluding carboxylic acids is 1. The zero-order valence-electron chi connectivity index (χ0n) is 16.6. The third kappa shape index (κ3) is 4.79. The number of hydrogen-bond acceptors (Lipinski definition) is 6.